The van der Waals surface area contributed by atoms with Crippen molar-refractivity contribution in [3.05, 3.63) is 126 Å². The molecule has 2 aromatic heterocycles. The smallest absolute Gasteiger partial charge is 0.0620 e. The van der Waals surface area contributed by atoms with Gasteiger partial charge in [-0.05, 0) is 74.5 Å². The Kier molecular flexibility index (Phi) is 3.67. The van der Waals surface area contributed by atoms with Crippen LogP contribution in [0.3, 0.4) is 0 Å². The largest absolute Gasteiger partial charge is 0.308 e. The van der Waals surface area contributed by atoms with E-state index in [4.69, 9.17) is 0 Å². The van der Waals surface area contributed by atoms with Crippen LogP contribution >= 0.6 is 0 Å². The van der Waals surface area contributed by atoms with E-state index in [0.717, 1.165) is 0 Å². The molecule has 0 amide bonds. The van der Waals surface area contributed by atoms with Gasteiger partial charge in [-0.1, -0.05) is 98.8 Å². The van der Waals surface area contributed by atoms with Crippen LogP contribution in [0.5, 0.6) is 0 Å². The number of aromatic nitrogens is 1. The summed E-state index contributed by atoms with van der Waals surface area (Å²) >= 11 is 0. The quantitative estimate of drug-likeness (QED) is 0.219. The van der Waals surface area contributed by atoms with E-state index >= 15 is 0 Å². The lowest BCUT2D eigenvalue weighted by molar-refractivity contribution is 0.661. The maximum absolute atomic E-state index is 2.46. The Balaban J connectivity index is 1.35. The molecule has 0 bridgehead atoms. The van der Waals surface area contributed by atoms with Crippen molar-refractivity contribution in [2.45, 2.75) is 19.3 Å². The number of hydrogen-bond acceptors (Lipinski definition) is 0. The highest BCUT2D eigenvalue weighted by molar-refractivity contribution is 6.24. The summed E-state index contributed by atoms with van der Waals surface area (Å²) in [4.78, 5) is 0. The van der Waals surface area contributed by atoms with Crippen LogP contribution in [0.1, 0.15) is 25.0 Å². The molecular weight excluding hydrogens is 458 g/mol. The molecule has 1 nitrogen and oxygen atoms in total. The summed E-state index contributed by atoms with van der Waals surface area (Å²) in [5.41, 5.74) is 12.0. The summed E-state index contributed by atoms with van der Waals surface area (Å²) in [6.45, 7) is 4.76. The van der Waals surface area contributed by atoms with Crippen molar-refractivity contribution in [2.75, 3.05) is 0 Å². The van der Waals surface area contributed by atoms with Crippen molar-refractivity contribution in [3.8, 4) is 22.3 Å². The molecular formula is C37H25N. The van der Waals surface area contributed by atoms with Crippen LogP contribution in [0.4, 0.5) is 0 Å². The predicted molar refractivity (Wildman–Crippen MR) is 162 cm³/mol. The van der Waals surface area contributed by atoms with E-state index in [1.165, 1.54) is 82.2 Å². The number of para-hydroxylation sites is 2. The van der Waals surface area contributed by atoms with Crippen LogP contribution in [-0.2, 0) is 5.41 Å². The Morgan fingerprint density at radius 1 is 0.500 bits per heavy atom. The minimum absolute atomic E-state index is 0.0474. The molecule has 0 spiro atoms. The topological polar surface area (TPSA) is 4.41 Å². The normalized spacial score (nSPS) is 14.3. The first-order valence-corrected chi connectivity index (χ1v) is 13.5. The Hall–Kier alpha value is -4.62. The highest BCUT2D eigenvalue weighted by Gasteiger charge is 2.36. The Labute approximate surface area is 220 Å². The molecule has 0 radical (unpaired) electrons. The van der Waals surface area contributed by atoms with Crippen LogP contribution in [-0.4, -0.2) is 4.40 Å². The van der Waals surface area contributed by atoms with Gasteiger partial charge in [0.15, 0.2) is 0 Å². The monoisotopic (exact) mass is 483 g/mol. The molecule has 0 aliphatic heterocycles. The fourth-order valence-corrected chi connectivity index (χ4v) is 7.30. The third-order valence-electron chi connectivity index (χ3n) is 9.10. The maximum Gasteiger partial charge on any atom is 0.0620 e. The van der Waals surface area contributed by atoms with Crippen LogP contribution in [0, 0.1) is 0 Å². The van der Waals surface area contributed by atoms with E-state index in [2.05, 4.69) is 134 Å². The summed E-state index contributed by atoms with van der Waals surface area (Å²) in [5, 5.41) is 7.96. The third kappa shape index (κ3) is 2.38. The number of nitrogens with zero attached hydrogens (tertiary/aromatic N) is 1. The van der Waals surface area contributed by atoms with Crippen molar-refractivity contribution in [3.63, 3.8) is 0 Å². The Morgan fingerprint density at radius 2 is 1.13 bits per heavy atom. The first-order valence-electron chi connectivity index (χ1n) is 13.5. The fourth-order valence-electron chi connectivity index (χ4n) is 7.30. The van der Waals surface area contributed by atoms with Gasteiger partial charge in [0.05, 0.1) is 16.6 Å². The molecule has 1 aliphatic carbocycles. The summed E-state index contributed by atoms with van der Waals surface area (Å²) < 4.78 is 2.45. The van der Waals surface area contributed by atoms with Gasteiger partial charge < -0.3 is 4.40 Å². The van der Waals surface area contributed by atoms with E-state index in [9.17, 15) is 0 Å². The molecule has 0 fully saturated rings. The van der Waals surface area contributed by atoms with Crippen LogP contribution in [0.2, 0.25) is 0 Å². The molecule has 0 N–H and O–H groups in total. The second kappa shape index (κ2) is 6.82. The van der Waals surface area contributed by atoms with Gasteiger partial charge in [-0.25, -0.2) is 0 Å². The predicted octanol–water partition coefficient (Wildman–Crippen LogP) is 9.96. The highest BCUT2D eigenvalue weighted by atomic mass is 14.9. The first kappa shape index (κ1) is 20.4. The molecule has 1 heteroatoms. The second-order valence-corrected chi connectivity index (χ2v) is 11.4. The minimum Gasteiger partial charge on any atom is -0.308 e. The molecule has 9 rings (SSSR count). The molecule has 0 unspecified atom stereocenters. The number of fused-ring (bicyclic) bond motifs is 11. The molecule has 2 heterocycles. The van der Waals surface area contributed by atoms with Crippen molar-refractivity contribution in [1.29, 1.82) is 0 Å². The van der Waals surface area contributed by atoms with E-state index < -0.39 is 0 Å². The molecule has 0 atom stereocenters. The summed E-state index contributed by atoms with van der Waals surface area (Å²) in [7, 11) is 0. The van der Waals surface area contributed by atoms with Gasteiger partial charge in [-0.2, -0.15) is 0 Å². The highest BCUT2D eigenvalue weighted by Crippen LogP contribution is 2.52. The number of hydrogen-bond donors (Lipinski definition) is 0. The van der Waals surface area contributed by atoms with E-state index in [1.807, 2.05) is 0 Å². The van der Waals surface area contributed by atoms with Crippen LogP contribution in [0.25, 0.3) is 71.1 Å². The zero-order chi connectivity index (χ0) is 25.2. The van der Waals surface area contributed by atoms with Gasteiger partial charge >= 0.3 is 0 Å². The third-order valence-corrected chi connectivity index (χ3v) is 9.10. The molecule has 0 saturated heterocycles. The molecule has 38 heavy (non-hydrogen) atoms. The van der Waals surface area contributed by atoms with Crippen molar-refractivity contribution in [1.82, 2.24) is 4.40 Å². The SMILES string of the molecule is CC1(C)c2cc(-c3cc4c5ccccc5n5c6ccccc6c(c3)c45)ccc2-c2c1ccc1ccccc21. The average molecular weight is 484 g/mol. The zero-order valence-corrected chi connectivity index (χ0v) is 21.4. The van der Waals surface area contributed by atoms with Gasteiger partial charge in [0.1, 0.15) is 0 Å². The van der Waals surface area contributed by atoms with Gasteiger partial charge in [-0.15, -0.1) is 0 Å². The standard InChI is InChI=1S/C37H25N/c1-37(2)31-18-16-22-9-3-4-10-25(22)35(31)28-17-15-23(21-32(28)37)24-19-29-26-11-5-7-13-33(26)38-34-14-8-6-12-27(34)30(20-24)36(29)38/h3-21H,1-2H3. The Bertz CT molecular complexity index is 2180. The molecule has 8 aromatic rings. The maximum atomic E-state index is 2.46. The number of rotatable bonds is 1. The van der Waals surface area contributed by atoms with Gasteiger partial charge in [-0.3, -0.25) is 0 Å². The summed E-state index contributed by atoms with van der Waals surface area (Å²) in [5.74, 6) is 0. The van der Waals surface area contributed by atoms with Crippen molar-refractivity contribution in [2.24, 2.45) is 0 Å². The van der Waals surface area contributed by atoms with Crippen molar-refractivity contribution >= 4 is 48.9 Å². The first-order chi connectivity index (χ1) is 18.6. The van der Waals surface area contributed by atoms with Gasteiger partial charge in [0, 0.05) is 27.0 Å². The zero-order valence-electron chi connectivity index (χ0n) is 21.4. The lowest BCUT2D eigenvalue weighted by Gasteiger charge is -2.22. The van der Waals surface area contributed by atoms with Gasteiger partial charge in [0.2, 0.25) is 0 Å². The second-order valence-electron chi connectivity index (χ2n) is 11.4. The molecule has 0 saturated carbocycles. The van der Waals surface area contributed by atoms with Crippen LogP contribution in [0.15, 0.2) is 115 Å². The summed E-state index contributed by atoms with van der Waals surface area (Å²) in [6.07, 6.45) is 0. The number of benzene rings is 6. The lowest BCUT2D eigenvalue weighted by Crippen LogP contribution is -2.15. The molecule has 178 valence electrons. The van der Waals surface area contributed by atoms with E-state index in [0.29, 0.717) is 0 Å². The molecule has 1 aliphatic rings. The lowest BCUT2D eigenvalue weighted by atomic mass is 9.81. The summed E-state index contributed by atoms with van der Waals surface area (Å²) in [6, 6.07) is 43.0. The van der Waals surface area contributed by atoms with E-state index in [1.54, 1.807) is 0 Å². The van der Waals surface area contributed by atoms with E-state index in [-0.39, 0.29) is 5.41 Å². The van der Waals surface area contributed by atoms with Crippen molar-refractivity contribution < 1.29 is 0 Å². The van der Waals surface area contributed by atoms with Gasteiger partial charge in [0.25, 0.3) is 0 Å². The average Bonchev–Trinajstić information content (AvgIpc) is 3.55. The van der Waals surface area contributed by atoms with Crippen LogP contribution < -0.4 is 0 Å². The fraction of sp³-hybridized carbons (Fsp3) is 0.0811. The minimum atomic E-state index is -0.0474. The molecule has 6 aromatic carbocycles. The Morgan fingerprint density at radius 3 is 1.84 bits per heavy atom.